The molecule has 0 unspecified atom stereocenters. The Hall–Kier alpha value is -3.35. The molecule has 0 saturated carbocycles. The Bertz CT molecular complexity index is 1220. The number of carbonyl (C=O) groups excluding carboxylic acids is 2. The van der Waals surface area contributed by atoms with Crippen molar-refractivity contribution in [3.05, 3.63) is 64.6 Å². The molecule has 3 aromatic rings. The topological polar surface area (TPSA) is 78.4 Å². The predicted molar refractivity (Wildman–Crippen MR) is 124 cm³/mol. The van der Waals surface area contributed by atoms with Crippen molar-refractivity contribution in [2.75, 3.05) is 24.5 Å². The van der Waals surface area contributed by atoms with Crippen molar-refractivity contribution in [1.82, 2.24) is 14.5 Å². The molecule has 5 rings (SSSR count). The van der Waals surface area contributed by atoms with Gasteiger partial charge in [-0.3, -0.25) is 14.2 Å². The first-order valence-electron chi connectivity index (χ1n) is 11.4. The molecule has 0 aliphatic carbocycles. The second kappa shape index (κ2) is 8.30. The molecule has 0 spiro atoms. The molecule has 0 bridgehead atoms. The van der Waals surface area contributed by atoms with Crippen LogP contribution in [0.4, 0.5) is 5.69 Å². The van der Waals surface area contributed by atoms with Crippen LogP contribution in [0.1, 0.15) is 37.8 Å². The number of piperidine rings is 1. The van der Waals surface area contributed by atoms with Crippen LogP contribution in [0.3, 0.4) is 0 Å². The lowest BCUT2D eigenvalue weighted by Gasteiger charge is -2.34. The number of anilines is 1. The monoisotopic (exact) mass is 432 g/mol. The highest BCUT2D eigenvalue weighted by Crippen LogP contribution is 2.31. The number of likely N-dealkylation sites (tertiary alicyclic amines) is 1. The zero-order chi connectivity index (χ0) is 22.2. The van der Waals surface area contributed by atoms with Gasteiger partial charge in [0.1, 0.15) is 0 Å². The Labute approximate surface area is 186 Å². The molecule has 2 aliphatic heterocycles. The number of aryl methyl sites for hydroxylation is 1. The molecule has 0 radical (unpaired) electrons. The molecule has 1 aromatic heterocycles. The van der Waals surface area contributed by atoms with Crippen molar-refractivity contribution < 1.29 is 9.59 Å². The number of H-pyrrole nitrogens is 1. The molecule has 32 heavy (non-hydrogen) atoms. The Morgan fingerprint density at radius 2 is 1.75 bits per heavy atom. The summed E-state index contributed by atoms with van der Waals surface area (Å²) in [5.74, 6) is -0.233. The fraction of sp³-hybridized carbons (Fsp3) is 0.400. The summed E-state index contributed by atoms with van der Waals surface area (Å²) >= 11 is 0. The van der Waals surface area contributed by atoms with E-state index in [0.717, 1.165) is 41.5 Å². The van der Waals surface area contributed by atoms with Gasteiger partial charge < -0.3 is 14.8 Å². The van der Waals surface area contributed by atoms with E-state index in [0.29, 0.717) is 19.6 Å². The summed E-state index contributed by atoms with van der Waals surface area (Å²) in [7, 11) is 0. The first-order chi connectivity index (χ1) is 15.6. The summed E-state index contributed by atoms with van der Waals surface area (Å²) < 4.78 is 1.83. The molecule has 7 nitrogen and oxygen atoms in total. The van der Waals surface area contributed by atoms with E-state index in [2.05, 4.69) is 11.9 Å². The fourth-order valence-corrected chi connectivity index (χ4v) is 5.22. The summed E-state index contributed by atoms with van der Waals surface area (Å²) in [6.07, 6.45) is 2.57. The van der Waals surface area contributed by atoms with Gasteiger partial charge in [-0.05, 0) is 43.0 Å². The van der Waals surface area contributed by atoms with Crippen molar-refractivity contribution in [2.45, 2.75) is 38.6 Å². The van der Waals surface area contributed by atoms with E-state index in [9.17, 15) is 14.4 Å². The number of carbonyl (C=O) groups is 2. The van der Waals surface area contributed by atoms with Crippen molar-refractivity contribution in [1.29, 1.82) is 0 Å². The van der Waals surface area contributed by atoms with Crippen LogP contribution in [0.5, 0.6) is 0 Å². The Kier molecular flexibility index (Phi) is 5.33. The van der Waals surface area contributed by atoms with Crippen LogP contribution in [-0.2, 0) is 16.0 Å². The Morgan fingerprint density at radius 3 is 2.53 bits per heavy atom. The lowest BCUT2D eigenvalue weighted by atomic mass is 10.0. The second-order valence-electron chi connectivity index (χ2n) is 8.76. The number of imidazole rings is 1. The largest absolute Gasteiger partial charge is 0.342 e. The minimum atomic E-state index is -0.306. The molecule has 3 heterocycles. The third-order valence-electron chi connectivity index (χ3n) is 6.90. The number of rotatable bonds is 4. The van der Waals surface area contributed by atoms with E-state index in [1.807, 2.05) is 58.0 Å². The van der Waals surface area contributed by atoms with Crippen LogP contribution in [0.2, 0.25) is 0 Å². The van der Waals surface area contributed by atoms with E-state index in [1.54, 1.807) is 4.90 Å². The van der Waals surface area contributed by atoms with E-state index < -0.39 is 0 Å². The van der Waals surface area contributed by atoms with Crippen molar-refractivity contribution in [2.24, 2.45) is 5.92 Å². The molecule has 2 amide bonds. The molecule has 1 N–H and O–H groups in total. The number of fused-ring (bicyclic) bond motifs is 1. The number of aromatic nitrogens is 2. The highest BCUT2D eigenvalue weighted by atomic mass is 16.2. The quantitative estimate of drug-likeness (QED) is 0.688. The van der Waals surface area contributed by atoms with Gasteiger partial charge in [0.15, 0.2) is 0 Å². The van der Waals surface area contributed by atoms with Crippen LogP contribution in [0, 0.1) is 5.92 Å². The smallest absolute Gasteiger partial charge is 0.326 e. The maximum atomic E-state index is 13.2. The van der Waals surface area contributed by atoms with Crippen molar-refractivity contribution >= 4 is 28.5 Å². The first-order valence-corrected chi connectivity index (χ1v) is 11.4. The molecule has 2 aliphatic rings. The van der Waals surface area contributed by atoms with Gasteiger partial charge in [-0.25, -0.2) is 4.79 Å². The molecule has 2 saturated heterocycles. The first kappa shape index (κ1) is 20.5. The predicted octanol–water partition coefficient (Wildman–Crippen LogP) is 3.11. The number of para-hydroxylation sites is 3. The third-order valence-corrected chi connectivity index (χ3v) is 6.90. The maximum absolute atomic E-state index is 13.2. The molecule has 166 valence electrons. The van der Waals surface area contributed by atoms with Crippen molar-refractivity contribution in [3.8, 4) is 0 Å². The fourth-order valence-electron chi connectivity index (χ4n) is 5.22. The zero-order valence-corrected chi connectivity index (χ0v) is 18.3. The van der Waals surface area contributed by atoms with Gasteiger partial charge in [0.05, 0.1) is 17.0 Å². The van der Waals surface area contributed by atoms with E-state index in [-0.39, 0.29) is 35.9 Å². The number of nitrogens with one attached hydrogen (secondary N) is 1. The number of hydrogen-bond donors (Lipinski definition) is 1. The number of nitrogens with zero attached hydrogens (tertiary/aromatic N) is 3. The number of aromatic amines is 1. The number of hydrogen-bond acceptors (Lipinski definition) is 3. The molecule has 7 heteroatoms. The minimum Gasteiger partial charge on any atom is -0.342 e. The molecular formula is C25H28N4O3. The van der Waals surface area contributed by atoms with E-state index in [4.69, 9.17) is 0 Å². The lowest BCUT2D eigenvalue weighted by molar-refractivity contribution is -0.137. The third kappa shape index (κ3) is 3.51. The molecular weight excluding hydrogens is 404 g/mol. The summed E-state index contributed by atoms with van der Waals surface area (Å²) in [4.78, 5) is 45.0. The van der Waals surface area contributed by atoms with Crippen LogP contribution in [0.25, 0.3) is 11.0 Å². The Balaban J connectivity index is 1.26. The average molecular weight is 433 g/mol. The van der Waals surface area contributed by atoms with E-state index >= 15 is 0 Å². The molecule has 2 fully saturated rings. The number of benzene rings is 2. The zero-order valence-electron chi connectivity index (χ0n) is 18.3. The standard InChI is InChI=1S/C25H28N4O3/c1-2-17-7-3-5-9-21(17)28-16-18(15-23(28)30)24(31)27-13-11-19(12-14-27)29-22-10-6-4-8-20(22)26-25(29)32/h3-10,18-19H,2,11-16H2,1H3,(H,26,32)/t18-/m1/s1. The minimum absolute atomic E-state index is 0.0180. The molecule has 2 aromatic carbocycles. The van der Waals surface area contributed by atoms with Crippen LogP contribution >= 0.6 is 0 Å². The number of amides is 2. The van der Waals surface area contributed by atoms with Gasteiger partial charge in [-0.15, -0.1) is 0 Å². The van der Waals surface area contributed by atoms with Crippen LogP contribution in [0.15, 0.2) is 53.3 Å². The molecule has 1 atom stereocenters. The Morgan fingerprint density at radius 1 is 1.03 bits per heavy atom. The van der Waals surface area contributed by atoms with E-state index in [1.165, 1.54) is 0 Å². The lowest BCUT2D eigenvalue weighted by Crippen LogP contribution is -2.43. The van der Waals surface area contributed by atoms with Gasteiger partial charge in [0, 0.05) is 37.8 Å². The highest BCUT2D eigenvalue weighted by molar-refractivity contribution is 6.00. The van der Waals surface area contributed by atoms with Gasteiger partial charge in [-0.2, -0.15) is 0 Å². The van der Waals surface area contributed by atoms with Crippen LogP contribution < -0.4 is 10.6 Å². The average Bonchev–Trinajstić information content (AvgIpc) is 3.37. The van der Waals surface area contributed by atoms with Gasteiger partial charge >= 0.3 is 5.69 Å². The summed E-state index contributed by atoms with van der Waals surface area (Å²) in [6.45, 7) is 3.72. The summed E-state index contributed by atoms with van der Waals surface area (Å²) in [6, 6.07) is 15.7. The van der Waals surface area contributed by atoms with Crippen molar-refractivity contribution in [3.63, 3.8) is 0 Å². The van der Waals surface area contributed by atoms with Gasteiger partial charge in [0.25, 0.3) is 0 Å². The van der Waals surface area contributed by atoms with Gasteiger partial charge in [0.2, 0.25) is 11.8 Å². The van der Waals surface area contributed by atoms with Crippen LogP contribution in [-0.4, -0.2) is 45.9 Å². The SMILES string of the molecule is CCc1ccccc1N1C[C@H](C(=O)N2CCC(n3c(=O)[nH]c4ccccc43)CC2)CC1=O. The van der Waals surface area contributed by atoms with Gasteiger partial charge in [-0.1, -0.05) is 37.3 Å². The maximum Gasteiger partial charge on any atom is 0.326 e. The summed E-state index contributed by atoms with van der Waals surface area (Å²) in [5.41, 5.74) is 3.70. The summed E-state index contributed by atoms with van der Waals surface area (Å²) in [5, 5.41) is 0. The normalized spacial score (nSPS) is 19.8. The second-order valence-corrected chi connectivity index (χ2v) is 8.76. The highest BCUT2D eigenvalue weighted by Gasteiger charge is 2.38.